The van der Waals surface area contributed by atoms with Gasteiger partial charge in [-0.3, -0.25) is 9.59 Å². The Morgan fingerprint density at radius 3 is 2.75 bits per heavy atom. The molecular weight excluding hydrogens is 206 g/mol. The average molecular weight is 227 g/mol. The van der Waals surface area contributed by atoms with Crippen LogP contribution in [0.4, 0.5) is 0 Å². The Hall–Kier alpha value is -1.10. The van der Waals surface area contributed by atoms with Crippen molar-refractivity contribution in [2.24, 2.45) is 0 Å². The lowest BCUT2D eigenvalue weighted by Crippen LogP contribution is -2.52. The zero-order chi connectivity index (χ0) is 12.1. The summed E-state index contributed by atoms with van der Waals surface area (Å²) in [5.74, 6) is 0.0323. The van der Waals surface area contributed by atoms with E-state index in [1.807, 2.05) is 6.92 Å². The number of carbonyl (C=O) groups is 2. The fourth-order valence-corrected chi connectivity index (χ4v) is 1.49. The highest BCUT2D eigenvalue weighted by atomic mass is 16.2. The topological polar surface area (TPSA) is 52.7 Å². The standard InChI is InChI=1S/C11H21N3O2/c1-4-9(2)12-7-10(15)14-6-5-13(3)11(16)8-14/h9,12H,4-8H2,1-3H3. The van der Waals surface area contributed by atoms with E-state index in [2.05, 4.69) is 12.2 Å². The maximum Gasteiger partial charge on any atom is 0.241 e. The van der Waals surface area contributed by atoms with Gasteiger partial charge in [0.05, 0.1) is 13.1 Å². The van der Waals surface area contributed by atoms with Crippen molar-refractivity contribution >= 4 is 11.8 Å². The Morgan fingerprint density at radius 1 is 1.50 bits per heavy atom. The van der Waals surface area contributed by atoms with Gasteiger partial charge in [0.15, 0.2) is 0 Å². The van der Waals surface area contributed by atoms with Crippen LogP contribution in [0.25, 0.3) is 0 Å². The van der Waals surface area contributed by atoms with Crippen LogP contribution in [-0.4, -0.2) is 60.9 Å². The Kier molecular flexibility index (Phi) is 4.73. The van der Waals surface area contributed by atoms with Gasteiger partial charge in [0.1, 0.15) is 0 Å². The molecule has 0 spiro atoms. The first-order valence-electron chi connectivity index (χ1n) is 5.79. The Balaban J connectivity index is 2.34. The molecule has 5 heteroatoms. The van der Waals surface area contributed by atoms with Gasteiger partial charge in [0.25, 0.3) is 0 Å². The third-order valence-corrected chi connectivity index (χ3v) is 3.02. The van der Waals surface area contributed by atoms with Crippen molar-refractivity contribution in [3.8, 4) is 0 Å². The summed E-state index contributed by atoms with van der Waals surface area (Å²) in [4.78, 5) is 26.5. The quantitative estimate of drug-likeness (QED) is 0.716. The number of nitrogens with one attached hydrogen (secondary N) is 1. The molecule has 1 unspecified atom stereocenters. The van der Waals surface area contributed by atoms with Gasteiger partial charge in [-0.2, -0.15) is 0 Å². The summed E-state index contributed by atoms with van der Waals surface area (Å²) in [6, 6.07) is 0.340. The molecular formula is C11H21N3O2. The van der Waals surface area contributed by atoms with Crippen molar-refractivity contribution in [1.82, 2.24) is 15.1 Å². The predicted molar refractivity (Wildman–Crippen MR) is 62.0 cm³/mol. The van der Waals surface area contributed by atoms with E-state index in [0.717, 1.165) is 6.42 Å². The molecule has 1 rings (SSSR count). The van der Waals surface area contributed by atoms with E-state index in [9.17, 15) is 9.59 Å². The fourth-order valence-electron chi connectivity index (χ4n) is 1.49. The third kappa shape index (κ3) is 3.48. The normalized spacial score (nSPS) is 18.8. The van der Waals surface area contributed by atoms with Crippen LogP contribution >= 0.6 is 0 Å². The predicted octanol–water partition coefficient (Wildman–Crippen LogP) is -0.325. The van der Waals surface area contributed by atoms with Crippen LogP contribution in [0, 0.1) is 0 Å². The molecule has 0 aliphatic carbocycles. The van der Waals surface area contributed by atoms with Gasteiger partial charge in [0, 0.05) is 26.2 Å². The van der Waals surface area contributed by atoms with Gasteiger partial charge < -0.3 is 15.1 Å². The second-order valence-corrected chi connectivity index (χ2v) is 4.32. The molecule has 1 N–H and O–H groups in total. The Morgan fingerprint density at radius 2 is 2.19 bits per heavy atom. The van der Waals surface area contributed by atoms with Crippen LogP contribution in [0.15, 0.2) is 0 Å². The van der Waals surface area contributed by atoms with Crippen LogP contribution in [0.3, 0.4) is 0 Å². The van der Waals surface area contributed by atoms with Gasteiger partial charge in [-0.05, 0) is 13.3 Å². The van der Waals surface area contributed by atoms with Crippen molar-refractivity contribution in [3.63, 3.8) is 0 Å². The zero-order valence-corrected chi connectivity index (χ0v) is 10.3. The minimum Gasteiger partial charge on any atom is -0.342 e. The first-order chi connectivity index (χ1) is 7.54. The number of likely N-dealkylation sites (N-methyl/N-ethyl adjacent to an activating group) is 1. The minimum atomic E-state index is 0.0155. The van der Waals surface area contributed by atoms with Gasteiger partial charge in [0.2, 0.25) is 11.8 Å². The molecule has 1 aliphatic heterocycles. The van der Waals surface area contributed by atoms with Crippen molar-refractivity contribution in [3.05, 3.63) is 0 Å². The van der Waals surface area contributed by atoms with Gasteiger partial charge in [-0.25, -0.2) is 0 Å². The second kappa shape index (κ2) is 5.84. The van der Waals surface area contributed by atoms with Crippen LogP contribution < -0.4 is 5.32 Å². The number of hydrogen-bond acceptors (Lipinski definition) is 3. The van der Waals surface area contributed by atoms with Crippen molar-refractivity contribution in [1.29, 1.82) is 0 Å². The molecule has 0 saturated carbocycles. The van der Waals surface area contributed by atoms with Crippen molar-refractivity contribution in [2.75, 3.05) is 33.2 Å². The number of amides is 2. The molecule has 0 aromatic heterocycles. The lowest BCUT2D eigenvalue weighted by Gasteiger charge is -2.32. The fraction of sp³-hybridized carbons (Fsp3) is 0.818. The largest absolute Gasteiger partial charge is 0.342 e. The molecule has 0 aromatic rings. The van der Waals surface area contributed by atoms with Crippen molar-refractivity contribution in [2.45, 2.75) is 26.3 Å². The lowest BCUT2D eigenvalue weighted by molar-refractivity contribution is -0.143. The summed E-state index contributed by atoms with van der Waals surface area (Å²) in [7, 11) is 1.77. The SMILES string of the molecule is CCC(C)NCC(=O)N1CCN(C)C(=O)C1. The molecule has 1 heterocycles. The number of piperazine rings is 1. The number of carbonyl (C=O) groups excluding carboxylic acids is 2. The first-order valence-corrected chi connectivity index (χ1v) is 5.79. The van der Waals surface area contributed by atoms with Crippen LogP contribution in [-0.2, 0) is 9.59 Å². The van der Waals surface area contributed by atoms with Gasteiger partial charge >= 0.3 is 0 Å². The van der Waals surface area contributed by atoms with Gasteiger partial charge in [-0.15, -0.1) is 0 Å². The summed E-state index contributed by atoms with van der Waals surface area (Å²) in [6.07, 6.45) is 0.995. The Bertz CT molecular complexity index is 268. The Labute approximate surface area is 96.8 Å². The molecule has 0 bridgehead atoms. The molecule has 2 amide bonds. The van der Waals surface area contributed by atoms with Crippen LogP contribution in [0.2, 0.25) is 0 Å². The summed E-state index contributed by atoms with van der Waals surface area (Å²) in [5, 5.41) is 3.14. The highest BCUT2D eigenvalue weighted by molar-refractivity contribution is 5.86. The highest BCUT2D eigenvalue weighted by Gasteiger charge is 2.24. The maximum atomic E-state index is 11.8. The number of nitrogens with zero attached hydrogens (tertiary/aromatic N) is 2. The molecule has 0 radical (unpaired) electrons. The van der Waals surface area contributed by atoms with Crippen molar-refractivity contribution < 1.29 is 9.59 Å². The van der Waals surface area contributed by atoms with E-state index < -0.39 is 0 Å². The second-order valence-electron chi connectivity index (χ2n) is 4.32. The third-order valence-electron chi connectivity index (χ3n) is 3.02. The average Bonchev–Trinajstić information content (AvgIpc) is 2.29. The molecule has 5 nitrogen and oxygen atoms in total. The summed E-state index contributed by atoms with van der Waals surface area (Å²) in [6.45, 7) is 5.94. The smallest absolute Gasteiger partial charge is 0.241 e. The van der Waals surface area contributed by atoms with E-state index in [4.69, 9.17) is 0 Å². The van der Waals surface area contributed by atoms with E-state index in [-0.39, 0.29) is 18.4 Å². The van der Waals surface area contributed by atoms with Crippen LogP contribution in [0.5, 0.6) is 0 Å². The first kappa shape index (κ1) is 13.0. The zero-order valence-electron chi connectivity index (χ0n) is 10.3. The highest BCUT2D eigenvalue weighted by Crippen LogP contribution is 2.01. The summed E-state index contributed by atoms with van der Waals surface area (Å²) < 4.78 is 0. The lowest BCUT2D eigenvalue weighted by atomic mass is 10.2. The molecule has 1 saturated heterocycles. The molecule has 0 aromatic carbocycles. The molecule has 92 valence electrons. The number of rotatable bonds is 4. The molecule has 1 atom stereocenters. The maximum absolute atomic E-state index is 11.8. The van der Waals surface area contributed by atoms with E-state index in [1.54, 1.807) is 16.8 Å². The van der Waals surface area contributed by atoms with E-state index >= 15 is 0 Å². The monoisotopic (exact) mass is 227 g/mol. The van der Waals surface area contributed by atoms with E-state index in [1.165, 1.54) is 0 Å². The summed E-state index contributed by atoms with van der Waals surface area (Å²) in [5.41, 5.74) is 0. The minimum absolute atomic E-state index is 0.0155. The molecule has 1 aliphatic rings. The molecule has 1 fully saturated rings. The van der Waals surface area contributed by atoms with E-state index in [0.29, 0.717) is 25.7 Å². The van der Waals surface area contributed by atoms with Gasteiger partial charge in [-0.1, -0.05) is 6.92 Å². The van der Waals surface area contributed by atoms with Crippen LogP contribution in [0.1, 0.15) is 20.3 Å². The molecule has 16 heavy (non-hydrogen) atoms. The summed E-state index contributed by atoms with van der Waals surface area (Å²) >= 11 is 0. The number of hydrogen-bond donors (Lipinski definition) is 1.